The molecule has 1 aliphatic rings. The van der Waals surface area contributed by atoms with Gasteiger partial charge in [0.2, 0.25) is 0 Å². The number of hydrogen-bond acceptors (Lipinski definition) is 5. The summed E-state index contributed by atoms with van der Waals surface area (Å²) in [5.41, 5.74) is 3.03. The van der Waals surface area contributed by atoms with Gasteiger partial charge in [0.25, 0.3) is 5.78 Å². The number of aliphatic hydroxyl groups is 1. The Morgan fingerprint density at radius 2 is 1.73 bits per heavy atom. The van der Waals surface area contributed by atoms with Gasteiger partial charge in [-0.2, -0.15) is 0 Å². The van der Waals surface area contributed by atoms with Crippen LogP contribution in [0.5, 0.6) is 0 Å². The van der Waals surface area contributed by atoms with Crippen molar-refractivity contribution in [2.45, 2.75) is 19.9 Å². The number of amides is 1. The number of aliphatic hydroxyl groups excluding tert-OH is 1. The Morgan fingerprint density at radius 3 is 2.45 bits per heavy atom. The summed E-state index contributed by atoms with van der Waals surface area (Å²) in [5.74, 6) is -2.66. The zero-order chi connectivity index (χ0) is 23.3. The predicted octanol–water partition coefficient (Wildman–Crippen LogP) is 5.68. The van der Waals surface area contributed by atoms with Crippen molar-refractivity contribution in [3.05, 3.63) is 100 Å². The molecule has 3 aromatic carbocycles. The van der Waals surface area contributed by atoms with Crippen molar-refractivity contribution < 1.29 is 19.1 Å². The van der Waals surface area contributed by atoms with Crippen LogP contribution in [0.4, 0.5) is 9.52 Å². The Hall–Kier alpha value is -3.84. The number of Topliss-reactive ketones (excluding diaryl/α,β-unsaturated/α-hetero) is 1. The SMILES string of the molecule is Cc1cc(C)c2nc(N3C(=O)C(=O)/C(=C(/O)c4ccccc4)[C@H]3c3ccccc3F)sc2c1. The zero-order valence-electron chi connectivity index (χ0n) is 17.9. The Morgan fingerprint density at radius 1 is 1.03 bits per heavy atom. The van der Waals surface area contributed by atoms with Crippen LogP contribution in [-0.2, 0) is 9.59 Å². The van der Waals surface area contributed by atoms with Crippen LogP contribution in [0, 0.1) is 19.7 Å². The Balaban J connectivity index is 1.77. The minimum atomic E-state index is -1.15. The number of hydrogen-bond donors (Lipinski definition) is 1. The lowest BCUT2D eigenvalue weighted by Gasteiger charge is -2.23. The summed E-state index contributed by atoms with van der Waals surface area (Å²) >= 11 is 1.26. The van der Waals surface area contributed by atoms with Gasteiger partial charge < -0.3 is 5.11 Å². The van der Waals surface area contributed by atoms with Crippen molar-refractivity contribution in [2.75, 3.05) is 4.90 Å². The van der Waals surface area contributed by atoms with Crippen molar-refractivity contribution in [3.63, 3.8) is 0 Å². The summed E-state index contributed by atoms with van der Waals surface area (Å²) < 4.78 is 15.8. The minimum Gasteiger partial charge on any atom is -0.507 e. The molecule has 0 bridgehead atoms. The first-order chi connectivity index (χ1) is 15.9. The van der Waals surface area contributed by atoms with E-state index in [1.807, 2.05) is 26.0 Å². The molecule has 1 aliphatic heterocycles. The molecule has 5 nitrogen and oxygen atoms in total. The number of anilines is 1. The number of aryl methyl sites for hydroxylation is 2. The summed E-state index contributed by atoms with van der Waals surface area (Å²) in [5, 5.41) is 11.3. The summed E-state index contributed by atoms with van der Waals surface area (Å²) in [4.78, 5) is 32.3. The first kappa shape index (κ1) is 21.0. The van der Waals surface area contributed by atoms with Crippen LogP contribution in [-0.4, -0.2) is 21.8 Å². The Kier molecular flexibility index (Phi) is 5.06. The molecule has 0 saturated carbocycles. The molecule has 7 heteroatoms. The maximum atomic E-state index is 15.0. The van der Waals surface area contributed by atoms with Crippen molar-refractivity contribution in [1.29, 1.82) is 0 Å². The average molecular weight is 459 g/mol. The summed E-state index contributed by atoms with van der Waals surface area (Å²) in [6.07, 6.45) is 0. The Labute approximate surface area is 193 Å². The van der Waals surface area contributed by atoms with Gasteiger partial charge in [-0.05, 0) is 37.1 Å². The number of carbonyl (C=O) groups excluding carboxylic acids is 2. The molecule has 5 rings (SSSR count). The third-order valence-electron chi connectivity index (χ3n) is 5.72. The number of thiazole rings is 1. The normalized spacial score (nSPS) is 17.8. The highest BCUT2D eigenvalue weighted by molar-refractivity contribution is 7.22. The molecule has 1 N–H and O–H groups in total. The molecular formula is C26H19FN2O3S. The molecule has 0 spiro atoms. The second kappa shape index (κ2) is 7.94. The van der Waals surface area contributed by atoms with Gasteiger partial charge in [0.15, 0.2) is 5.13 Å². The molecule has 1 amide bonds. The molecule has 0 unspecified atom stereocenters. The first-order valence-electron chi connectivity index (χ1n) is 10.4. The highest BCUT2D eigenvalue weighted by Gasteiger charge is 2.49. The quantitative estimate of drug-likeness (QED) is 0.244. The van der Waals surface area contributed by atoms with Gasteiger partial charge in [0, 0.05) is 11.1 Å². The number of benzene rings is 3. The van der Waals surface area contributed by atoms with E-state index in [1.54, 1.807) is 36.4 Å². The van der Waals surface area contributed by atoms with Crippen molar-refractivity contribution in [3.8, 4) is 0 Å². The number of rotatable bonds is 3. The van der Waals surface area contributed by atoms with Gasteiger partial charge in [-0.1, -0.05) is 65.9 Å². The van der Waals surface area contributed by atoms with E-state index in [4.69, 9.17) is 0 Å². The van der Waals surface area contributed by atoms with Crippen molar-refractivity contribution in [1.82, 2.24) is 4.98 Å². The summed E-state index contributed by atoms with van der Waals surface area (Å²) in [6.45, 7) is 3.90. The van der Waals surface area contributed by atoms with Gasteiger partial charge in [0.05, 0.1) is 15.8 Å². The molecule has 1 atom stereocenters. The fraction of sp³-hybridized carbons (Fsp3) is 0.115. The Bertz CT molecular complexity index is 1460. The van der Waals surface area contributed by atoms with E-state index in [9.17, 15) is 19.1 Å². The topological polar surface area (TPSA) is 70.5 Å². The fourth-order valence-corrected chi connectivity index (χ4v) is 5.40. The number of halogens is 1. The number of aromatic nitrogens is 1. The zero-order valence-corrected chi connectivity index (χ0v) is 18.7. The molecule has 0 radical (unpaired) electrons. The number of ketones is 1. The van der Waals surface area contributed by atoms with E-state index in [-0.39, 0.29) is 22.0 Å². The fourth-order valence-electron chi connectivity index (χ4n) is 4.23. The number of fused-ring (bicyclic) bond motifs is 1. The molecule has 2 heterocycles. The van der Waals surface area contributed by atoms with Crippen LogP contribution < -0.4 is 4.90 Å². The lowest BCUT2D eigenvalue weighted by Crippen LogP contribution is -2.29. The van der Waals surface area contributed by atoms with E-state index in [0.717, 1.165) is 21.3 Å². The van der Waals surface area contributed by atoms with Gasteiger partial charge in [-0.3, -0.25) is 14.5 Å². The highest BCUT2D eigenvalue weighted by atomic mass is 32.1. The minimum absolute atomic E-state index is 0.112. The van der Waals surface area contributed by atoms with Crippen LogP contribution in [0.25, 0.3) is 16.0 Å². The predicted molar refractivity (Wildman–Crippen MR) is 127 cm³/mol. The summed E-state index contributed by atoms with van der Waals surface area (Å²) in [7, 11) is 0. The van der Waals surface area contributed by atoms with E-state index in [2.05, 4.69) is 4.98 Å². The summed E-state index contributed by atoms with van der Waals surface area (Å²) in [6, 6.07) is 17.2. The monoisotopic (exact) mass is 458 g/mol. The molecule has 0 aliphatic carbocycles. The molecule has 164 valence electrons. The third-order valence-corrected chi connectivity index (χ3v) is 6.72. The maximum Gasteiger partial charge on any atom is 0.301 e. The van der Waals surface area contributed by atoms with E-state index in [1.165, 1.54) is 34.4 Å². The van der Waals surface area contributed by atoms with Crippen LogP contribution >= 0.6 is 11.3 Å². The maximum absolute atomic E-state index is 15.0. The lowest BCUT2D eigenvalue weighted by atomic mass is 9.95. The van der Waals surface area contributed by atoms with Gasteiger partial charge in [0.1, 0.15) is 17.6 Å². The standard InChI is InChI=1S/C26H19FN2O3S/c1-14-12-15(2)21-19(13-14)33-26(28-21)29-22(17-10-6-7-11-18(17)27)20(24(31)25(29)32)23(30)16-8-4-3-5-9-16/h3-13,22,30H,1-2H3/b23-20+/t22-/m1/s1. The lowest BCUT2D eigenvalue weighted by molar-refractivity contribution is -0.132. The van der Waals surface area contributed by atoms with Crippen molar-refractivity contribution in [2.24, 2.45) is 0 Å². The second-order valence-corrected chi connectivity index (χ2v) is 8.99. The van der Waals surface area contributed by atoms with Crippen molar-refractivity contribution >= 4 is 44.1 Å². The molecule has 4 aromatic rings. The smallest absolute Gasteiger partial charge is 0.301 e. The first-order valence-corrected chi connectivity index (χ1v) is 11.2. The number of nitrogens with zero attached hydrogens (tertiary/aromatic N) is 2. The average Bonchev–Trinajstić information content (AvgIpc) is 3.33. The largest absolute Gasteiger partial charge is 0.507 e. The molecule has 1 fully saturated rings. The number of carbonyl (C=O) groups is 2. The van der Waals surface area contributed by atoms with E-state index < -0.39 is 23.5 Å². The molecular weight excluding hydrogens is 439 g/mol. The third kappa shape index (κ3) is 3.41. The van der Waals surface area contributed by atoms with Gasteiger partial charge >= 0.3 is 5.91 Å². The molecule has 1 aromatic heterocycles. The highest BCUT2D eigenvalue weighted by Crippen LogP contribution is 2.45. The van der Waals surface area contributed by atoms with Crippen LogP contribution in [0.2, 0.25) is 0 Å². The molecule has 1 saturated heterocycles. The van der Waals surface area contributed by atoms with Crippen LogP contribution in [0.1, 0.15) is 28.3 Å². The van der Waals surface area contributed by atoms with Gasteiger partial charge in [-0.15, -0.1) is 0 Å². The van der Waals surface area contributed by atoms with Gasteiger partial charge in [-0.25, -0.2) is 9.37 Å². The molecule has 33 heavy (non-hydrogen) atoms. The van der Waals surface area contributed by atoms with Crippen LogP contribution in [0.3, 0.4) is 0 Å². The van der Waals surface area contributed by atoms with E-state index in [0.29, 0.717) is 5.56 Å². The second-order valence-electron chi connectivity index (χ2n) is 7.98. The van der Waals surface area contributed by atoms with E-state index >= 15 is 0 Å². The van der Waals surface area contributed by atoms with Crippen LogP contribution in [0.15, 0.2) is 72.3 Å².